The molecule has 0 radical (unpaired) electrons. The van der Waals surface area contributed by atoms with Crippen molar-refractivity contribution >= 4 is 38.2 Å². The lowest BCUT2D eigenvalue weighted by molar-refractivity contribution is 0.288. The minimum absolute atomic E-state index is 0.593. The quantitative estimate of drug-likeness (QED) is 0.603. The molecule has 0 unspecified atom stereocenters. The molecule has 0 aliphatic rings. The molecule has 1 heterocycles. The van der Waals surface area contributed by atoms with E-state index in [9.17, 15) is 0 Å². The van der Waals surface area contributed by atoms with Gasteiger partial charge in [-0.2, -0.15) is 0 Å². The van der Waals surface area contributed by atoms with Crippen molar-refractivity contribution in [3.63, 3.8) is 0 Å². The van der Waals surface area contributed by atoms with E-state index in [1.165, 1.54) is 0 Å². The summed E-state index contributed by atoms with van der Waals surface area (Å²) in [6, 6.07) is 13.9. The van der Waals surface area contributed by atoms with Gasteiger partial charge in [-0.25, -0.2) is 0 Å². The Balaban J connectivity index is 1.95. The van der Waals surface area contributed by atoms with E-state index < -0.39 is 0 Å². The van der Waals surface area contributed by atoms with Crippen LogP contribution in [0.5, 0.6) is 11.5 Å². The predicted octanol–water partition coefficient (Wildman–Crippen LogP) is 5.54. The number of ether oxygens (including phenoxy) is 2. The summed E-state index contributed by atoms with van der Waals surface area (Å²) in [4.78, 5) is 4.42. The molecule has 0 saturated heterocycles. The second kappa shape index (κ2) is 7.53. The Morgan fingerprint density at radius 3 is 2.54 bits per heavy atom. The second-order valence-corrected chi connectivity index (χ2v) is 6.09. The molecule has 1 aromatic heterocycles. The smallest absolute Gasteiger partial charge is 0.163 e. The molecule has 3 aromatic rings. The third-order valence-corrected chi connectivity index (χ3v) is 4.02. The first-order valence-corrected chi connectivity index (χ1v) is 8.71. The molecule has 4 nitrogen and oxygen atoms in total. The molecule has 124 valence electrons. The van der Waals surface area contributed by atoms with Crippen molar-refractivity contribution < 1.29 is 9.47 Å². The first-order valence-electron chi connectivity index (χ1n) is 7.92. The summed E-state index contributed by atoms with van der Waals surface area (Å²) in [6.45, 7) is 5.12. The number of hydrogen-bond donors (Lipinski definition) is 1. The zero-order valence-electron chi connectivity index (χ0n) is 13.7. The van der Waals surface area contributed by atoms with Crippen LogP contribution < -0.4 is 14.8 Å². The van der Waals surface area contributed by atoms with Crippen LogP contribution in [-0.2, 0) is 0 Å². The zero-order valence-corrected chi connectivity index (χ0v) is 15.3. The van der Waals surface area contributed by atoms with Crippen molar-refractivity contribution in [3.8, 4) is 11.5 Å². The normalized spacial score (nSPS) is 10.6. The number of anilines is 2. The molecule has 5 heteroatoms. The van der Waals surface area contributed by atoms with Crippen LogP contribution in [0.25, 0.3) is 10.9 Å². The fraction of sp³-hybridized carbons (Fsp3) is 0.211. The molecule has 24 heavy (non-hydrogen) atoms. The summed E-state index contributed by atoms with van der Waals surface area (Å²) in [6.07, 6.45) is 1.80. The van der Waals surface area contributed by atoms with Gasteiger partial charge in [0.05, 0.1) is 18.7 Å². The monoisotopic (exact) mass is 386 g/mol. The van der Waals surface area contributed by atoms with E-state index in [1.807, 2.05) is 56.3 Å². The first kappa shape index (κ1) is 16.6. The second-order valence-electron chi connectivity index (χ2n) is 5.17. The van der Waals surface area contributed by atoms with Crippen molar-refractivity contribution in [3.05, 3.63) is 53.1 Å². The number of aromatic nitrogens is 1. The van der Waals surface area contributed by atoms with Gasteiger partial charge in [-0.3, -0.25) is 4.98 Å². The van der Waals surface area contributed by atoms with Gasteiger partial charge in [0.25, 0.3) is 0 Å². The molecule has 3 rings (SSSR count). The SMILES string of the molecule is CCOc1ccc(Nc2ccnc3cc(Br)ccc23)cc1OCC. The molecule has 0 aliphatic heterocycles. The van der Waals surface area contributed by atoms with Crippen LogP contribution in [0.2, 0.25) is 0 Å². The minimum atomic E-state index is 0.593. The lowest BCUT2D eigenvalue weighted by Gasteiger charge is -2.14. The Hall–Kier alpha value is -2.27. The van der Waals surface area contributed by atoms with E-state index in [0.29, 0.717) is 13.2 Å². The van der Waals surface area contributed by atoms with E-state index in [2.05, 4.69) is 26.2 Å². The Bertz CT molecular complexity index is 852. The zero-order chi connectivity index (χ0) is 16.9. The van der Waals surface area contributed by atoms with Crippen LogP contribution in [0.15, 0.2) is 53.1 Å². The van der Waals surface area contributed by atoms with E-state index in [0.717, 1.165) is 38.2 Å². The van der Waals surface area contributed by atoms with Crippen molar-refractivity contribution in [1.29, 1.82) is 0 Å². The number of halogens is 1. The first-order chi connectivity index (χ1) is 11.7. The predicted molar refractivity (Wildman–Crippen MR) is 102 cm³/mol. The molecule has 1 N–H and O–H groups in total. The van der Waals surface area contributed by atoms with Crippen molar-refractivity contribution in [1.82, 2.24) is 4.98 Å². The van der Waals surface area contributed by atoms with Gasteiger partial charge in [0.15, 0.2) is 11.5 Å². The van der Waals surface area contributed by atoms with Crippen molar-refractivity contribution in [2.75, 3.05) is 18.5 Å². The summed E-state index contributed by atoms with van der Waals surface area (Å²) < 4.78 is 12.3. The van der Waals surface area contributed by atoms with Crippen LogP contribution in [0, 0.1) is 0 Å². The van der Waals surface area contributed by atoms with Crippen LogP contribution in [0.1, 0.15) is 13.8 Å². The lowest BCUT2D eigenvalue weighted by atomic mass is 10.2. The van der Waals surface area contributed by atoms with Crippen molar-refractivity contribution in [2.45, 2.75) is 13.8 Å². The molecule has 0 atom stereocenters. The van der Waals surface area contributed by atoms with Gasteiger partial charge in [0.2, 0.25) is 0 Å². The average molecular weight is 387 g/mol. The Morgan fingerprint density at radius 2 is 1.75 bits per heavy atom. The Kier molecular flexibility index (Phi) is 5.20. The molecular formula is C19H19BrN2O2. The van der Waals surface area contributed by atoms with Gasteiger partial charge in [0, 0.05) is 33.5 Å². The number of pyridine rings is 1. The molecule has 2 aromatic carbocycles. The van der Waals surface area contributed by atoms with Gasteiger partial charge in [0.1, 0.15) is 0 Å². The lowest BCUT2D eigenvalue weighted by Crippen LogP contribution is -2.00. The third kappa shape index (κ3) is 3.62. The topological polar surface area (TPSA) is 43.4 Å². The summed E-state index contributed by atoms with van der Waals surface area (Å²) in [5, 5.41) is 4.51. The van der Waals surface area contributed by atoms with E-state index in [1.54, 1.807) is 6.20 Å². The molecular weight excluding hydrogens is 368 g/mol. The maximum Gasteiger partial charge on any atom is 0.163 e. The van der Waals surface area contributed by atoms with Gasteiger partial charge in [-0.1, -0.05) is 15.9 Å². The number of rotatable bonds is 6. The van der Waals surface area contributed by atoms with Crippen LogP contribution in [0.4, 0.5) is 11.4 Å². The largest absolute Gasteiger partial charge is 0.490 e. The summed E-state index contributed by atoms with van der Waals surface area (Å²) in [7, 11) is 0. The van der Waals surface area contributed by atoms with Gasteiger partial charge < -0.3 is 14.8 Å². The van der Waals surface area contributed by atoms with E-state index >= 15 is 0 Å². The van der Waals surface area contributed by atoms with Gasteiger partial charge in [-0.05, 0) is 50.2 Å². The highest BCUT2D eigenvalue weighted by atomic mass is 79.9. The van der Waals surface area contributed by atoms with E-state index in [-0.39, 0.29) is 0 Å². The van der Waals surface area contributed by atoms with E-state index in [4.69, 9.17) is 9.47 Å². The van der Waals surface area contributed by atoms with Gasteiger partial charge in [-0.15, -0.1) is 0 Å². The summed E-state index contributed by atoms with van der Waals surface area (Å²) >= 11 is 3.48. The maximum absolute atomic E-state index is 5.69. The fourth-order valence-electron chi connectivity index (χ4n) is 2.51. The van der Waals surface area contributed by atoms with Crippen LogP contribution in [-0.4, -0.2) is 18.2 Å². The molecule has 0 bridgehead atoms. The maximum atomic E-state index is 5.69. The minimum Gasteiger partial charge on any atom is -0.490 e. The fourth-order valence-corrected chi connectivity index (χ4v) is 2.86. The van der Waals surface area contributed by atoms with Crippen LogP contribution >= 0.6 is 15.9 Å². The Labute approximate surface area is 149 Å². The number of hydrogen-bond acceptors (Lipinski definition) is 4. The highest BCUT2D eigenvalue weighted by Crippen LogP contribution is 2.33. The molecule has 0 amide bonds. The number of nitrogens with one attached hydrogen (secondary N) is 1. The highest BCUT2D eigenvalue weighted by Gasteiger charge is 2.08. The Morgan fingerprint density at radius 1 is 0.958 bits per heavy atom. The number of nitrogens with zero attached hydrogens (tertiary/aromatic N) is 1. The standard InChI is InChI=1S/C19H19BrN2O2/c1-3-23-18-8-6-14(12-19(18)24-4-2)22-16-9-10-21-17-11-13(20)5-7-15(16)17/h5-12H,3-4H2,1-2H3,(H,21,22). The summed E-state index contributed by atoms with van der Waals surface area (Å²) in [5.74, 6) is 1.50. The highest BCUT2D eigenvalue weighted by molar-refractivity contribution is 9.10. The van der Waals surface area contributed by atoms with Gasteiger partial charge >= 0.3 is 0 Å². The molecule has 0 saturated carbocycles. The summed E-state index contributed by atoms with van der Waals surface area (Å²) in [5.41, 5.74) is 2.88. The molecule has 0 aliphatic carbocycles. The third-order valence-electron chi connectivity index (χ3n) is 3.53. The molecule has 0 spiro atoms. The molecule has 0 fully saturated rings. The van der Waals surface area contributed by atoms with Crippen LogP contribution in [0.3, 0.4) is 0 Å². The van der Waals surface area contributed by atoms with Crippen molar-refractivity contribution in [2.24, 2.45) is 0 Å². The average Bonchev–Trinajstić information content (AvgIpc) is 2.57. The number of benzene rings is 2. The number of fused-ring (bicyclic) bond motifs is 1.